The predicted molar refractivity (Wildman–Crippen MR) is 83.9 cm³/mol. The van der Waals surface area contributed by atoms with E-state index in [1.807, 2.05) is 7.11 Å². The molecule has 1 aromatic rings. The summed E-state index contributed by atoms with van der Waals surface area (Å²) in [6.45, 7) is 9.40. The second-order valence-electron chi connectivity index (χ2n) is 6.12. The van der Waals surface area contributed by atoms with Gasteiger partial charge >= 0.3 is 0 Å². The molecule has 1 aliphatic heterocycles. The van der Waals surface area contributed by atoms with Gasteiger partial charge in [-0.2, -0.15) is 0 Å². The number of rotatable bonds is 4. The summed E-state index contributed by atoms with van der Waals surface area (Å²) in [5, 5.41) is 0. The van der Waals surface area contributed by atoms with E-state index in [0.717, 1.165) is 25.9 Å². The van der Waals surface area contributed by atoms with E-state index in [1.165, 1.54) is 22.3 Å². The summed E-state index contributed by atoms with van der Waals surface area (Å²) < 4.78 is 5.50. The van der Waals surface area contributed by atoms with Gasteiger partial charge in [-0.1, -0.05) is 17.7 Å². The van der Waals surface area contributed by atoms with Crippen LogP contribution in [0.5, 0.6) is 0 Å². The number of methoxy groups -OCH3 is 1. The van der Waals surface area contributed by atoms with Gasteiger partial charge in [0, 0.05) is 32.8 Å². The van der Waals surface area contributed by atoms with E-state index in [9.17, 15) is 0 Å². The van der Waals surface area contributed by atoms with Crippen molar-refractivity contribution in [2.24, 2.45) is 5.73 Å². The van der Waals surface area contributed by atoms with Gasteiger partial charge in [0.2, 0.25) is 0 Å². The van der Waals surface area contributed by atoms with Crippen LogP contribution in [0.4, 0.5) is 0 Å². The molecule has 0 saturated carbocycles. The first kappa shape index (κ1) is 15.5. The van der Waals surface area contributed by atoms with Gasteiger partial charge in [-0.05, 0) is 50.3 Å². The Morgan fingerprint density at radius 2 is 1.90 bits per heavy atom. The third-order valence-electron chi connectivity index (χ3n) is 4.60. The van der Waals surface area contributed by atoms with Crippen LogP contribution < -0.4 is 5.73 Å². The molecule has 1 heterocycles. The average Bonchev–Trinajstić information content (AvgIpc) is 2.42. The maximum absolute atomic E-state index is 5.97. The largest absolute Gasteiger partial charge is 0.381 e. The Bertz CT molecular complexity index is 435. The second-order valence-corrected chi connectivity index (χ2v) is 6.12. The van der Waals surface area contributed by atoms with E-state index in [0.29, 0.717) is 18.7 Å². The third-order valence-corrected chi connectivity index (χ3v) is 4.60. The maximum atomic E-state index is 5.97. The van der Waals surface area contributed by atoms with Gasteiger partial charge in [0.1, 0.15) is 0 Å². The number of aryl methyl sites for hydroxylation is 3. The SMILES string of the molecule is COC1CCN(Cc2c(C)cc(C)cc2C)C(CN)C1. The molecule has 0 radical (unpaired) electrons. The van der Waals surface area contributed by atoms with Crippen LogP contribution in [-0.4, -0.2) is 37.2 Å². The molecule has 0 aromatic heterocycles. The van der Waals surface area contributed by atoms with Crippen molar-refractivity contribution in [2.75, 3.05) is 20.2 Å². The molecule has 1 aliphatic rings. The number of ether oxygens (including phenoxy) is 1. The van der Waals surface area contributed by atoms with Gasteiger partial charge in [-0.25, -0.2) is 0 Å². The van der Waals surface area contributed by atoms with Crippen molar-refractivity contribution in [3.05, 3.63) is 34.4 Å². The highest BCUT2D eigenvalue weighted by Gasteiger charge is 2.27. The van der Waals surface area contributed by atoms with Gasteiger partial charge in [-0.3, -0.25) is 4.90 Å². The van der Waals surface area contributed by atoms with Crippen molar-refractivity contribution in [1.82, 2.24) is 4.90 Å². The normalized spacial score (nSPS) is 24.1. The van der Waals surface area contributed by atoms with Crippen molar-refractivity contribution >= 4 is 0 Å². The standard InChI is InChI=1S/C17H28N2O/c1-12-7-13(2)17(14(3)8-12)11-19-6-5-16(20-4)9-15(19)10-18/h7-8,15-16H,5-6,9-11,18H2,1-4H3. The van der Waals surface area contributed by atoms with E-state index in [2.05, 4.69) is 37.8 Å². The van der Waals surface area contributed by atoms with Gasteiger partial charge in [0.15, 0.2) is 0 Å². The lowest BCUT2D eigenvalue weighted by molar-refractivity contribution is 0.0101. The minimum atomic E-state index is 0.375. The highest BCUT2D eigenvalue weighted by molar-refractivity contribution is 5.37. The van der Waals surface area contributed by atoms with E-state index in [-0.39, 0.29) is 0 Å². The molecule has 112 valence electrons. The summed E-state index contributed by atoms with van der Waals surface area (Å²) in [6, 6.07) is 5.00. The number of nitrogens with two attached hydrogens (primary N) is 1. The van der Waals surface area contributed by atoms with Crippen LogP contribution in [0, 0.1) is 20.8 Å². The molecule has 3 heteroatoms. The van der Waals surface area contributed by atoms with E-state index >= 15 is 0 Å². The molecule has 20 heavy (non-hydrogen) atoms. The summed E-state index contributed by atoms with van der Waals surface area (Å²) >= 11 is 0. The summed E-state index contributed by atoms with van der Waals surface area (Å²) in [5.41, 5.74) is 11.6. The molecule has 2 rings (SSSR count). The molecular weight excluding hydrogens is 248 g/mol. The fourth-order valence-electron chi connectivity index (χ4n) is 3.39. The van der Waals surface area contributed by atoms with Crippen molar-refractivity contribution in [3.8, 4) is 0 Å². The molecule has 2 unspecified atom stereocenters. The molecule has 0 amide bonds. The smallest absolute Gasteiger partial charge is 0.0599 e. The van der Waals surface area contributed by atoms with Crippen molar-refractivity contribution in [2.45, 2.75) is 52.3 Å². The minimum absolute atomic E-state index is 0.375. The highest BCUT2D eigenvalue weighted by Crippen LogP contribution is 2.24. The van der Waals surface area contributed by atoms with E-state index < -0.39 is 0 Å². The Hall–Kier alpha value is -0.900. The van der Waals surface area contributed by atoms with Gasteiger partial charge in [0.25, 0.3) is 0 Å². The molecule has 2 N–H and O–H groups in total. The lowest BCUT2D eigenvalue weighted by Gasteiger charge is -2.39. The van der Waals surface area contributed by atoms with Gasteiger partial charge in [-0.15, -0.1) is 0 Å². The number of hydrogen-bond donors (Lipinski definition) is 1. The van der Waals surface area contributed by atoms with Crippen LogP contribution in [0.2, 0.25) is 0 Å². The number of benzene rings is 1. The Morgan fingerprint density at radius 3 is 2.45 bits per heavy atom. The zero-order valence-corrected chi connectivity index (χ0v) is 13.3. The molecule has 1 aromatic carbocycles. The summed E-state index contributed by atoms with van der Waals surface area (Å²) in [5.74, 6) is 0. The quantitative estimate of drug-likeness (QED) is 0.918. The van der Waals surface area contributed by atoms with Gasteiger partial charge < -0.3 is 10.5 Å². The lowest BCUT2D eigenvalue weighted by atomic mass is 9.95. The Kier molecular flexibility index (Phi) is 5.19. The zero-order chi connectivity index (χ0) is 14.7. The number of piperidine rings is 1. The molecule has 2 atom stereocenters. The average molecular weight is 276 g/mol. The molecule has 1 saturated heterocycles. The maximum Gasteiger partial charge on any atom is 0.0599 e. The molecule has 3 nitrogen and oxygen atoms in total. The molecule has 0 spiro atoms. The number of nitrogens with zero attached hydrogens (tertiary/aromatic N) is 1. The molecule has 0 aliphatic carbocycles. The summed E-state index contributed by atoms with van der Waals surface area (Å²) in [7, 11) is 1.81. The first-order chi connectivity index (χ1) is 9.55. The van der Waals surface area contributed by atoms with Gasteiger partial charge in [0.05, 0.1) is 6.10 Å². The summed E-state index contributed by atoms with van der Waals surface area (Å²) in [4.78, 5) is 2.53. The van der Waals surface area contributed by atoms with Crippen molar-refractivity contribution < 1.29 is 4.74 Å². The molecule has 1 fully saturated rings. The van der Waals surface area contributed by atoms with Crippen LogP contribution in [0.15, 0.2) is 12.1 Å². The number of hydrogen-bond acceptors (Lipinski definition) is 3. The van der Waals surface area contributed by atoms with Crippen molar-refractivity contribution in [1.29, 1.82) is 0 Å². The van der Waals surface area contributed by atoms with Crippen LogP contribution in [-0.2, 0) is 11.3 Å². The third kappa shape index (κ3) is 3.40. The van der Waals surface area contributed by atoms with E-state index in [1.54, 1.807) is 0 Å². The van der Waals surface area contributed by atoms with Crippen LogP contribution in [0.25, 0.3) is 0 Å². The Labute approximate surface area is 123 Å². The van der Waals surface area contributed by atoms with Crippen molar-refractivity contribution in [3.63, 3.8) is 0 Å². The minimum Gasteiger partial charge on any atom is -0.381 e. The van der Waals surface area contributed by atoms with Crippen LogP contribution in [0.3, 0.4) is 0 Å². The Morgan fingerprint density at radius 1 is 1.25 bits per heavy atom. The topological polar surface area (TPSA) is 38.5 Å². The van der Waals surface area contributed by atoms with E-state index in [4.69, 9.17) is 10.5 Å². The lowest BCUT2D eigenvalue weighted by Crippen LogP contribution is -2.48. The second kappa shape index (κ2) is 6.70. The van der Waals surface area contributed by atoms with Crippen LogP contribution >= 0.6 is 0 Å². The zero-order valence-electron chi connectivity index (χ0n) is 13.3. The molecular formula is C17H28N2O. The number of likely N-dealkylation sites (tertiary alicyclic amines) is 1. The first-order valence-electron chi connectivity index (χ1n) is 7.58. The predicted octanol–water partition coefficient (Wildman–Crippen LogP) is 2.55. The van der Waals surface area contributed by atoms with Crippen LogP contribution in [0.1, 0.15) is 35.1 Å². The fraction of sp³-hybridized carbons (Fsp3) is 0.647. The monoisotopic (exact) mass is 276 g/mol. The summed E-state index contributed by atoms with van der Waals surface area (Å²) in [6.07, 6.45) is 2.54. The Balaban J connectivity index is 2.13. The molecule has 0 bridgehead atoms. The highest BCUT2D eigenvalue weighted by atomic mass is 16.5. The fourth-order valence-corrected chi connectivity index (χ4v) is 3.39. The first-order valence-corrected chi connectivity index (χ1v) is 7.58.